The van der Waals surface area contributed by atoms with E-state index in [1.54, 1.807) is 25.7 Å². The van der Waals surface area contributed by atoms with Crippen LogP contribution in [-0.2, 0) is 9.30 Å². The van der Waals surface area contributed by atoms with Crippen molar-refractivity contribution in [3.8, 4) is 0 Å². The molecule has 160 valence electrons. The first-order valence-electron chi connectivity index (χ1n) is 9.30. The van der Waals surface area contributed by atoms with E-state index in [0.717, 1.165) is 18.9 Å². The van der Waals surface area contributed by atoms with Gasteiger partial charge >= 0.3 is 6.09 Å². The molecule has 2 rings (SSSR count). The normalized spacial score (nSPS) is 19.2. The van der Waals surface area contributed by atoms with Crippen LogP contribution >= 0.6 is 30.3 Å². The SMILES string of the molecule is CCP(=O)(/C=C/c1cc(N/N=C2\CCCCN2C(=O)OC)c(F)cc1Cl)C(C)Cl. The number of methoxy groups -OCH3 is 1. The molecule has 6 nitrogen and oxygen atoms in total. The van der Waals surface area contributed by atoms with Crippen molar-refractivity contribution in [1.29, 1.82) is 0 Å². The number of nitrogens with zero attached hydrogens (tertiary/aromatic N) is 2. The highest BCUT2D eigenvalue weighted by Crippen LogP contribution is 2.54. The lowest BCUT2D eigenvalue weighted by Gasteiger charge is -2.26. The van der Waals surface area contributed by atoms with Crippen LogP contribution in [0.5, 0.6) is 0 Å². The molecule has 2 atom stereocenters. The molecule has 2 unspecified atom stereocenters. The predicted octanol–water partition coefficient (Wildman–Crippen LogP) is 6.40. The molecule has 1 aliphatic heterocycles. The van der Waals surface area contributed by atoms with Gasteiger partial charge in [0.2, 0.25) is 0 Å². The largest absolute Gasteiger partial charge is 0.452 e. The molecule has 0 bridgehead atoms. The van der Waals surface area contributed by atoms with E-state index < -0.39 is 24.2 Å². The number of anilines is 1. The smallest absolute Gasteiger partial charge is 0.414 e. The van der Waals surface area contributed by atoms with Crippen LogP contribution in [0.15, 0.2) is 23.1 Å². The van der Waals surface area contributed by atoms with Crippen molar-refractivity contribution in [3.05, 3.63) is 34.4 Å². The molecule has 0 saturated carbocycles. The lowest BCUT2D eigenvalue weighted by molar-refractivity contribution is 0.142. The molecule has 1 fully saturated rings. The van der Waals surface area contributed by atoms with E-state index in [4.69, 9.17) is 27.9 Å². The average Bonchev–Trinajstić information content (AvgIpc) is 2.71. The van der Waals surface area contributed by atoms with Crippen LogP contribution in [0.1, 0.15) is 38.7 Å². The number of alkyl halides is 1. The number of benzene rings is 1. The van der Waals surface area contributed by atoms with Crippen LogP contribution in [0.25, 0.3) is 6.08 Å². The minimum atomic E-state index is -2.72. The summed E-state index contributed by atoms with van der Waals surface area (Å²) in [5.41, 5.74) is 3.24. The fraction of sp³-hybridized carbons (Fsp3) is 0.474. The lowest BCUT2D eigenvalue weighted by atomic mass is 10.1. The highest BCUT2D eigenvalue weighted by Gasteiger charge is 2.24. The Kier molecular flexibility index (Phi) is 8.56. The molecule has 0 spiro atoms. The maximum atomic E-state index is 14.4. The Morgan fingerprint density at radius 1 is 1.48 bits per heavy atom. The molecule has 1 heterocycles. The molecular weight excluding hydrogens is 439 g/mol. The number of hydrogen-bond donors (Lipinski definition) is 1. The number of hydrogen-bond acceptors (Lipinski definition) is 5. The van der Waals surface area contributed by atoms with Crippen molar-refractivity contribution in [2.45, 2.75) is 38.2 Å². The fourth-order valence-electron chi connectivity index (χ4n) is 2.83. The summed E-state index contributed by atoms with van der Waals surface area (Å²) in [6.07, 6.45) is 3.77. The number of amidine groups is 1. The van der Waals surface area contributed by atoms with Gasteiger partial charge in [-0.05, 0) is 49.4 Å². The number of carbonyl (C=O) groups excluding carboxylic acids is 1. The number of nitrogens with one attached hydrogen (secondary N) is 1. The maximum Gasteiger partial charge on any atom is 0.414 e. The summed E-state index contributed by atoms with van der Waals surface area (Å²) in [5, 5.41) is 3.86. The zero-order chi connectivity index (χ0) is 21.6. The second-order valence-electron chi connectivity index (χ2n) is 6.63. The van der Waals surface area contributed by atoms with Gasteiger partial charge in [0.15, 0.2) is 0 Å². The van der Waals surface area contributed by atoms with Crippen molar-refractivity contribution >= 4 is 54.0 Å². The number of ether oxygens (including phenoxy) is 1. The Labute approximate surface area is 180 Å². The molecule has 0 aliphatic carbocycles. The first kappa shape index (κ1) is 23.7. The molecule has 1 N–H and O–H groups in total. The molecule has 0 radical (unpaired) electrons. The number of amides is 1. The van der Waals surface area contributed by atoms with Crippen molar-refractivity contribution < 1.29 is 18.5 Å². The number of rotatable bonds is 6. The Morgan fingerprint density at radius 2 is 2.21 bits per heavy atom. The van der Waals surface area contributed by atoms with Gasteiger partial charge in [-0.1, -0.05) is 18.5 Å². The third-order valence-electron chi connectivity index (χ3n) is 4.73. The standard InChI is InChI=1S/C19H25Cl2FN3O3P/c1-4-29(27,13(2)20)10-8-14-11-17(16(22)12-15(14)21)23-24-18-7-5-6-9-25(18)19(26)28-3/h8,10-13,23H,4-7,9H2,1-3H3/b10-8+,24-18+. The van der Waals surface area contributed by atoms with Gasteiger partial charge in [-0.2, -0.15) is 5.10 Å². The summed E-state index contributed by atoms with van der Waals surface area (Å²) in [7, 11) is -1.42. The highest BCUT2D eigenvalue weighted by molar-refractivity contribution is 7.69. The van der Waals surface area contributed by atoms with Crippen LogP contribution in [-0.4, -0.2) is 41.8 Å². The van der Waals surface area contributed by atoms with Crippen molar-refractivity contribution in [3.63, 3.8) is 0 Å². The summed E-state index contributed by atoms with van der Waals surface area (Å²) in [6, 6.07) is 2.63. The van der Waals surface area contributed by atoms with Crippen LogP contribution in [0.3, 0.4) is 0 Å². The number of halogens is 3. The monoisotopic (exact) mass is 463 g/mol. The summed E-state index contributed by atoms with van der Waals surface area (Å²) < 4.78 is 31.9. The number of carbonyl (C=O) groups is 1. The van der Waals surface area contributed by atoms with Crippen LogP contribution in [0, 0.1) is 5.82 Å². The summed E-state index contributed by atoms with van der Waals surface area (Å²) in [6.45, 7) is 3.98. The van der Waals surface area contributed by atoms with Gasteiger partial charge < -0.3 is 9.30 Å². The van der Waals surface area contributed by atoms with E-state index in [1.165, 1.54) is 18.1 Å². The fourth-order valence-corrected chi connectivity index (χ4v) is 5.01. The highest BCUT2D eigenvalue weighted by atomic mass is 35.5. The summed E-state index contributed by atoms with van der Waals surface area (Å²) in [4.78, 5) is 13.3. The van der Waals surface area contributed by atoms with Crippen molar-refractivity contribution in [1.82, 2.24) is 4.90 Å². The Bertz CT molecular complexity index is 861. The second kappa shape index (κ2) is 10.5. The van der Waals surface area contributed by atoms with Gasteiger partial charge in [0.25, 0.3) is 0 Å². The number of likely N-dealkylation sites (tertiary alicyclic amines) is 1. The van der Waals surface area contributed by atoms with Crippen molar-refractivity contribution in [2.24, 2.45) is 5.10 Å². The van der Waals surface area contributed by atoms with E-state index in [0.29, 0.717) is 30.5 Å². The average molecular weight is 464 g/mol. The molecule has 29 heavy (non-hydrogen) atoms. The van der Waals surface area contributed by atoms with Gasteiger partial charge in [-0.25, -0.2) is 9.18 Å². The molecule has 1 amide bonds. The third kappa shape index (κ3) is 5.97. The van der Waals surface area contributed by atoms with Crippen LogP contribution in [0.2, 0.25) is 5.02 Å². The Hall–Kier alpha value is -1.56. The van der Waals surface area contributed by atoms with Crippen LogP contribution < -0.4 is 5.43 Å². The topological polar surface area (TPSA) is 71.0 Å². The van der Waals surface area contributed by atoms with E-state index >= 15 is 0 Å². The van der Waals surface area contributed by atoms with E-state index in [2.05, 4.69) is 10.5 Å². The van der Waals surface area contributed by atoms with Crippen molar-refractivity contribution in [2.75, 3.05) is 25.2 Å². The van der Waals surface area contributed by atoms with Gasteiger partial charge in [-0.15, -0.1) is 11.6 Å². The van der Waals surface area contributed by atoms with E-state index in [9.17, 15) is 13.8 Å². The van der Waals surface area contributed by atoms with Gasteiger partial charge in [-0.3, -0.25) is 10.3 Å². The van der Waals surface area contributed by atoms with Gasteiger partial charge in [0.1, 0.15) is 18.8 Å². The lowest BCUT2D eigenvalue weighted by Crippen LogP contribution is -2.40. The summed E-state index contributed by atoms with van der Waals surface area (Å²) >= 11 is 12.2. The first-order chi connectivity index (χ1) is 13.7. The number of piperidine rings is 1. The Morgan fingerprint density at radius 3 is 2.83 bits per heavy atom. The predicted molar refractivity (Wildman–Crippen MR) is 118 cm³/mol. The number of hydrazone groups is 1. The van der Waals surface area contributed by atoms with Crippen LogP contribution in [0.4, 0.5) is 14.9 Å². The minimum absolute atomic E-state index is 0.0854. The molecular formula is C19H25Cl2FN3O3P. The molecule has 1 aromatic carbocycles. The van der Waals surface area contributed by atoms with E-state index in [-0.39, 0.29) is 10.7 Å². The minimum Gasteiger partial charge on any atom is -0.452 e. The van der Waals surface area contributed by atoms with E-state index in [1.807, 2.05) is 0 Å². The maximum absolute atomic E-state index is 14.4. The summed E-state index contributed by atoms with van der Waals surface area (Å²) in [5.74, 6) is 1.43. The molecule has 1 saturated heterocycles. The van der Waals surface area contributed by atoms with Gasteiger partial charge in [0, 0.05) is 19.1 Å². The molecule has 1 aromatic rings. The zero-order valence-corrected chi connectivity index (χ0v) is 19.0. The second-order valence-corrected chi connectivity index (χ2v) is 11.4. The zero-order valence-electron chi connectivity index (χ0n) is 16.6. The van der Waals surface area contributed by atoms with Gasteiger partial charge in [0.05, 0.1) is 22.9 Å². The Balaban J connectivity index is 2.29. The third-order valence-corrected chi connectivity index (χ3v) is 8.90. The first-order valence-corrected chi connectivity index (χ1v) is 12.1. The molecule has 0 aromatic heterocycles. The molecule has 10 heteroatoms. The molecule has 1 aliphatic rings. The quantitative estimate of drug-likeness (QED) is 0.301.